The van der Waals surface area contributed by atoms with E-state index in [4.69, 9.17) is 11.8 Å². The van der Waals surface area contributed by atoms with E-state index in [0.717, 1.165) is 35.4 Å². The first-order valence-corrected chi connectivity index (χ1v) is 11.0. The minimum absolute atomic E-state index is 0. The Balaban J connectivity index is 0.000000301. The van der Waals surface area contributed by atoms with E-state index in [9.17, 15) is 17.6 Å². The van der Waals surface area contributed by atoms with Crippen LogP contribution in [0.25, 0.3) is 22.5 Å². The van der Waals surface area contributed by atoms with E-state index in [-0.39, 0.29) is 31.2 Å². The third-order valence-electron chi connectivity index (χ3n) is 4.70. The monoisotopic (exact) mass is 709 g/mol. The van der Waals surface area contributed by atoms with Crippen LogP contribution in [0.1, 0.15) is 11.1 Å². The van der Waals surface area contributed by atoms with Gasteiger partial charge in [-0.1, -0.05) is 46.5 Å². The number of hydrogen-bond donors (Lipinski definition) is 0. The number of aryl methyl sites for hydroxylation is 3. The molecule has 0 aliphatic heterocycles. The number of pyridine rings is 2. The standard InChI is InChI=1S/2C12H8F2N.C4H6N2.CN.Ir/c2*1-8-4-5-15-12(6-8)10-3-2-9(13)7-11(10)14;1-6-3-2-5-4-6;1-2;/h2*2,4-7H,1H3;2-4H,1H3;;/q2*-1;;-1;+3. The number of imidazole rings is 1. The van der Waals surface area contributed by atoms with Crippen LogP contribution in [-0.2, 0) is 27.2 Å². The molecule has 5 aromatic rings. The van der Waals surface area contributed by atoms with Crippen LogP contribution in [0.2, 0.25) is 0 Å². The van der Waals surface area contributed by atoms with Crippen molar-refractivity contribution in [2.24, 2.45) is 7.05 Å². The van der Waals surface area contributed by atoms with Gasteiger partial charge in [-0.3, -0.25) is 17.6 Å². The Kier molecular flexibility index (Phi) is 14.0. The predicted molar refractivity (Wildman–Crippen MR) is 134 cm³/mol. The summed E-state index contributed by atoms with van der Waals surface area (Å²) in [4.78, 5) is 11.8. The number of nitrogens with zero attached hydrogens (tertiary/aromatic N) is 5. The Bertz CT molecular complexity index is 1380. The van der Waals surface area contributed by atoms with Gasteiger partial charge in [0.2, 0.25) is 0 Å². The second kappa shape index (κ2) is 16.6. The molecule has 10 heteroatoms. The molecule has 200 valence electrons. The van der Waals surface area contributed by atoms with Crippen LogP contribution in [-0.4, -0.2) is 19.5 Å². The molecule has 5 nitrogen and oxygen atoms in total. The van der Waals surface area contributed by atoms with Gasteiger partial charge in [0, 0.05) is 55.1 Å². The zero-order valence-electron chi connectivity index (χ0n) is 21.1. The number of rotatable bonds is 2. The van der Waals surface area contributed by atoms with Crippen LogP contribution in [0, 0.1) is 61.1 Å². The molecular weight excluding hydrogens is 687 g/mol. The molecule has 0 unspecified atom stereocenters. The normalized spacial score (nSPS) is 9.36. The van der Waals surface area contributed by atoms with Crippen molar-refractivity contribution in [1.82, 2.24) is 19.5 Å². The largest absolute Gasteiger partial charge is 3.00 e. The maximum atomic E-state index is 13.4. The fraction of sp³-hybridized carbons (Fsp3) is 0.103. The zero-order chi connectivity index (χ0) is 28.1. The van der Waals surface area contributed by atoms with Crippen LogP contribution in [0.3, 0.4) is 0 Å². The Hall–Kier alpha value is -4.19. The van der Waals surface area contributed by atoms with Crippen LogP contribution < -0.4 is 0 Å². The van der Waals surface area contributed by atoms with E-state index in [1.54, 1.807) is 37.1 Å². The maximum absolute atomic E-state index is 13.4. The smallest absolute Gasteiger partial charge is 0.512 e. The summed E-state index contributed by atoms with van der Waals surface area (Å²) in [5.41, 5.74) is 3.26. The molecule has 0 atom stereocenters. The van der Waals surface area contributed by atoms with Crippen molar-refractivity contribution in [1.29, 1.82) is 5.26 Å². The molecule has 0 saturated carbocycles. The molecule has 0 spiro atoms. The van der Waals surface area contributed by atoms with Crippen LogP contribution in [0.15, 0.2) is 79.6 Å². The van der Waals surface area contributed by atoms with Gasteiger partial charge in [0.15, 0.2) is 0 Å². The minimum atomic E-state index is -0.645. The quantitative estimate of drug-likeness (QED) is 0.150. The molecule has 0 aliphatic carbocycles. The summed E-state index contributed by atoms with van der Waals surface area (Å²) in [6.07, 6.45) is 8.56. The van der Waals surface area contributed by atoms with E-state index in [2.05, 4.69) is 27.1 Å². The van der Waals surface area contributed by atoms with Gasteiger partial charge in [-0.2, -0.15) is 0 Å². The molecule has 0 aliphatic rings. The molecule has 0 saturated heterocycles. The fourth-order valence-electron chi connectivity index (χ4n) is 2.95. The third-order valence-corrected chi connectivity index (χ3v) is 4.70. The summed E-state index contributed by atoms with van der Waals surface area (Å²) in [6, 6.07) is 16.0. The van der Waals surface area contributed by atoms with Crippen molar-refractivity contribution in [3.63, 3.8) is 0 Å². The first-order valence-electron chi connectivity index (χ1n) is 11.0. The van der Waals surface area contributed by atoms with E-state index < -0.39 is 23.3 Å². The Morgan fingerprint density at radius 3 is 1.46 bits per heavy atom. The van der Waals surface area contributed by atoms with Gasteiger partial charge in [0.1, 0.15) is 0 Å². The van der Waals surface area contributed by atoms with E-state index in [1.165, 1.54) is 0 Å². The molecule has 0 fully saturated rings. The van der Waals surface area contributed by atoms with Gasteiger partial charge in [-0.15, -0.1) is 24.3 Å². The zero-order valence-corrected chi connectivity index (χ0v) is 23.5. The summed E-state index contributed by atoms with van der Waals surface area (Å²) in [7, 11) is 1.94. The van der Waals surface area contributed by atoms with Crippen molar-refractivity contribution >= 4 is 0 Å². The number of aromatic nitrogens is 4. The van der Waals surface area contributed by atoms with Crippen molar-refractivity contribution in [2.75, 3.05) is 0 Å². The summed E-state index contributed by atoms with van der Waals surface area (Å²) < 4.78 is 53.9. The Labute approximate surface area is 238 Å². The maximum Gasteiger partial charge on any atom is 3.00 e. The molecule has 5 rings (SSSR count). The van der Waals surface area contributed by atoms with Gasteiger partial charge >= 0.3 is 20.1 Å². The van der Waals surface area contributed by atoms with Crippen molar-refractivity contribution < 1.29 is 37.7 Å². The molecular formula is C29H22F4IrN5. The Morgan fingerprint density at radius 1 is 0.744 bits per heavy atom. The minimum Gasteiger partial charge on any atom is -0.512 e. The van der Waals surface area contributed by atoms with Gasteiger partial charge < -0.3 is 26.4 Å². The van der Waals surface area contributed by atoms with Gasteiger partial charge in [0.05, 0.1) is 6.33 Å². The van der Waals surface area contributed by atoms with Crippen molar-refractivity contribution in [3.8, 4) is 22.5 Å². The first-order chi connectivity index (χ1) is 18.2. The molecule has 0 radical (unpaired) electrons. The topological polar surface area (TPSA) is 67.4 Å². The molecule has 3 heterocycles. The van der Waals surface area contributed by atoms with Gasteiger partial charge in [-0.25, -0.2) is 4.98 Å². The van der Waals surface area contributed by atoms with Gasteiger partial charge in [0.25, 0.3) is 0 Å². The molecule has 0 bridgehead atoms. The predicted octanol–water partition coefficient (Wildman–Crippen LogP) is 6.78. The third kappa shape index (κ3) is 10.6. The summed E-state index contributed by atoms with van der Waals surface area (Å²) in [5.74, 6) is -2.56. The summed E-state index contributed by atoms with van der Waals surface area (Å²) in [6.45, 7) is 8.51. The molecule has 39 heavy (non-hydrogen) atoms. The second-order valence-electron chi connectivity index (χ2n) is 7.75. The van der Waals surface area contributed by atoms with Crippen LogP contribution >= 0.6 is 0 Å². The van der Waals surface area contributed by atoms with Crippen molar-refractivity contribution in [3.05, 3.63) is 133 Å². The second-order valence-corrected chi connectivity index (χ2v) is 7.75. The summed E-state index contributed by atoms with van der Waals surface area (Å²) >= 11 is 0. The number of hydrogen-bond acceptors (Lipinski definition) is 4. The number of benzene rings is 2. The Morgan fingerprint density at radius 2 is 1.18 bits per heavy atom. The molecule has 3 aromatic heterocycles. The molecule has 2 aromatic carbocycles. The van der Waals surface area contributed by atoms with Crippen LogP contribution in [0.5, 0.6) is 0 Å². The molecule has 0 amide bonds. The van der Waals surface area contributed by atoms with Crippen molar-refractivity contribution in [2.45, 2.75) is 13.8 Å². The molecule has 0 N–H and O–H groups in total. The first kappa shape index (κ1) is 32.8. The van der Waals surface area contributed by atoms with E-state index in [0.29, 0.717) is 11.4 Å². The van der Waals surface area contributed by atoms with E-state index >= 15 is 0 Å². The SMILES string of the molecule is Cc1ccnc(-c2[c-]cc(F)cc2F)c1.Cc1ccnc(-c2[c-]cc(F)cc2F)c1.Cn1ccnc1.[C-]#N.[Ir+3]. The van der Waals surface area contributed by atoms with Crippen LogP contribution in [0.4, 0.5) is 17.6 Å². The average Bonchev–Trinajstić information content (AvgIpc) is 3.37. The van der Waals surface area contributed by atoms with E-state index in [1.807, 2.05) is 43.8 Å². The average molecular weight is 709 g/mol. The van der Waals surface area contributed by atoms with Gasteiger partial charge in [-0.05, 0) is 37.4 Å². The number of halogens is 4. The summed E-state index contributed by atoms with van der Waals surface area (Å²) in [5, 5.41) is 6.25. The fourth-order valence-corrected chi connectivity index (χ4v) is 2.95.